The van der Waals surface area contributed by atoms with Crippen molar-refractivity contribution in [1.29, 1.82) is 0 Å². The van der Waals surface area contributed by atoms with Crippen molar-refractivity contribution in [1.82, 2.24) is 26.2 Å². The molecule has 6 atom stereocenters. The molecular formula is C49H58N8O7. The normalized spacial score (nSPS) is 18.8. The molecule has 5 amide bonds. The first-order chi connectivity index (χ1) is 31.0. The first-order valence-electron chi connectivity index (χ1n) is 21.9. The van der Waals surface area contributed by atoms with E-state index in [0.717, 1.165) is 22.3 Å². The van der Waals surface area contributed by atoms with Crippen LogP contribution in [0.1, 0.15) is 73.1 Å². The van der Waals surface area contributed by atoms with Gasteiger partial charge in [0.05, 0.1) is 12.8 Å². The lowest BCUT2D eigenvalue weighted by atomic mass is 9.86. The summed E-state index contributed by atoms with van der Waals surface area (Å²) >= 11 is 0. The molecule has 2 aliphatic rings. The Morgan fingerprint density at radius 2 is 1.33 bits per heavy atom. The van der Waals surface area contributed by atoms with Crippen LogP contribution in [0.5, 0.6) is 0 Å². The molecule has 15 nitrogen and oxygen atoms in total. The molecule has 2 fully saturated rings. The van der Waals surface area contributed by atoms with Gasteiger partial charge in [-0.05, 0) is 73.1 Å². The molecule has 9 N–H and O–H groups in total. The first-order valence-corrected chi connectivity index (χ1v) is 21.9. The predicted octanol–water partition coefficient (Wildman–Crippen LogP) is 3.17. The Kier molecular flexibility index (Phi) is 16.6. The minimum Gasteiger partial charge on any atom is -0.481 e. The number of aliphatic carboxylic acids is 1. The molecule has 0 spiro atoms. The molecule has 4 aromatic carbocycles. The molecule has 2 saturated heterocycles. The number of amides is 5. The van der Waals surface area contributed by atoms with Crippen LogP contribution < -0.4 is 32.7 Å². The number of nitrogens with zero attached hydrogens (tertiary/aromatic N) is 2. The molecule has 4 aromatic rings. The van der Waals surface area contributed by atoms with Crippen molar-refractivity contribution in [2.75, 3.05) is 13.1 Å². The van der Waals surface area contributed by atoms with Gasteiger partial charge in [0.1, 0.15) is 24.2 Å². The molecular weight excluding hydrogens is 813 g/mol. The van der Waals surface area contributed by atoms with E-state index in [1.54, 1.807) is 4.90 Å². The fourth-order valence-electron chi connectivity index (χ4n) is 8.93. The van der Waals surface area contributed by atoms with E-state index >= 15 is 0 Å². The molecule has 0 bridgehead atoms. The molecule has 6 rings (SSSR count). The van der Waals surface area contributed by atoms with E-state index in [9.17, 15) is 33.9 Å². The monoisotopic (exact) mass is 870 g/mol. The Bertz CT molecular complexity index is 2190. The van der Waals surface area contributed by atoms with Gasteiger partial charge in [0, 0.05) is 25.0 Å². The number of benzene rings is 4. The summed E-state index contributed by atoms with van der Waals surface area (Å²) in [6, 6.07) is 33.8. The summed E-state index contributed by atoms with van der Waals surface area (Å²) < 4.78 is 0. The van der Waals surface area contributed by atoms with Gasteiger partial charge in [-0.15, -0.1) is 0 Å². The van der Waals surface area contributed by atoms with Crippen LogP contribution in [0.25, 0.3) is 0 Å². The van der Waals surface area contributed by atoms with E-state index in [1.807, 2.05) is 121 Å². The highest BCUT2D eigenvalue weighted by Gasteiger charge is 2.51. The molecule has 0 aliphatic carbocycles. The van der Waals surface area contributed by atoms with Gasteiger partial charge in [-0.25, -0.2) is 0 Å². The first kappa shape index (κ1) is 46.5. The molecule has 0 aromatic heterocycles. The SMILES string of the molecule is NC(N)=NCCC[C@H](NC(=O)C1C[C@@H](Cc2ccccc2)[C@@H]2CCC(NC(=O)Cc3ccccc3)C(=O)N12)C(=O)NC(CC(=O)O)C(=O)NCCC(c1ccccc1)c1ccccc1. The number of fused-ring (bicyclic) bond motifs is 1. The number of nitrogens with two attached hydrogens (primary N) is 2. The Morgan fingerprint density at radius 3 is 1.92 bits per heavy atom. The number of hydrogen-bond donors (Lipinski definition) is 7. The Labute approximate surface area is 373 Å². The molecule has 64 heavy (non-hydrogen) atoms. The molecule has 0 radical (unpaired) electrons. The van der Waals surface area contributed by atoms with Gasteiger partial charge in [-0.2, -0.15) is 0 Å². The van der Waals surface area contributed by atoms with Crippen molar-refractivity contribution in [3.8, 4) is 0 Å². The highest BCUT2D eigenvalue weighted by Crippen LogP contribution is 2.39. The summed E-state index contributed by atoms with van der Waals surface area (Å²) in [4.78, 5) is 87.4. The number of carboxylic acid groups (broad SMARTS) is 1. The van der Waals surface area contributed by atoms with E-state index in [-0.39, 0.29) is 68.0 Å². The lowest BCUT2D eigenvalue weighted by molar-refractivity contribution is -0.147. The molecule has 2 aliphatic heterocycles. The van der Waals surface area contributed by atoms with Gasteiger partial charge in [-0.3, -0.25) is 33.8 Å². The third-order valence-corrected chi connectivity index (χ3v) is 12.0. The van der Waals surface area contributed by atoms with Crippen LogP contribution in [-0.4, -0.2) is 94.8 Å². The van der Waals surface area contributed by atoms with Crippen molar-refractivity contribution in [2.24, 2.45) is 22.4 Å². The van der Waals surface area contributed by atoms with E-state index in [4.69, 9.17) is 11.5 Å². The molecule has 2 heterocycles. The number of carbonyl (C=O) groups excluding carboxylic acids is 5. The maximum Gasteiger partial charge on any atom is 0.305 e. The second-order valence-electron chi connectivity index (χ2n) is 16.5. The van der Waals surface area contributed by atoms with Gasteiger partial charge in [0.25, 0.3) is 0 Å². The maximum absolute atomic E-state index is 14.5. The molecule has 15 heteroatoms. The summed E-state index contributed by atoms with van der Waals surface area (Å²) in [5, 5.41) is 21.0. The number of aliphatic imine (C=N–C) groups is 1. The number of guanidine groups is 1. The minimum absolute atomic E-state index is 0.0291. The fourth-order valence-corrected chi connectivity index (χ4v) is 8.93. The predicted molar refractivity (Wildman–Crippen MR) is 242 cm³/mol. The van der Waals surface area contributed by atoms with Crippen LogP contribution in [0.4, 0.5) is 0 Å². The van der Waals surface area contributed by atoms with Crippen molar-refractivity contribution >= 4 is 41.5 Å². The van der Waals surface area contributed by atoms with Gasteiger partial charge in [0.15, 0.2) is 5.96 Å². The van der Waals surface area contributed by atoms with Gasteiger partial charge < -0.3 is 42.7 Å². The highest BCUT2D eigenvalue weighted by molar-refractivity contribution is 5.97. The van der Waals surface area contributed by atoms with Crippen molar-refractivity contribution < 1.29 is 33.9 Å². The molecule has 3 unspecified atom stereocenters. The zero-order valence-corrected chi connectivity index (χ0v) is 35.8. The Morgan fingerprint density at radius 1 is 0.734 bits per heavy atom. The van der Waals surface area contributed by atoms with Crippen LogP contribution in [-0.2, 0) is 41.6 Å². The van der Waals surface area contributed by atoms with Crippen LogP contribution >= 0.6 is 0 Å². The average Bonchev–Trinajstić information content (AvgIpc) is 3.66. The van der Waals surface area contributed by atoms with Crippen molar-refractivity contribution in [3.63, 3.8) is 0 Å². The lowest BCUT2D eigenvalue weighted by Crippen LogP contribution is -2.61. The highest BCUT2D eigenvalue weighted by atomic mass is 16.4. The lowest BCUT2D eigenvalue weighted by Gasteiger charge is -2.39. The second-order valence-corrected chi connectivity index (χ2v) is 16.5. The zero-order chi connectivity index (χ0) is 45.4. The summed E-state index contributed by atoms with van der Waals surface area (Å²) in [7, 11) is 0. The number of nitrogens with one attached hydrogen (secondary N) is 4. The molecule has 0 saturated carbocycles. The Balaban J connectivity index is 1.17. The minimum atomic E-state index is -1.47. The van der Waals surface area contributed by atoms with Crippen LogP contribution in [0, 0.1) is 5.92 Å². The third-order valence-electron chi connectivity index (χ3n) is 12.0. The summed E-state index contributed by atoms with van der Waals surface area (Å²) in [6.45, 7) is 0.313. The number of piperidine rings is 1. The van der Waals surface area contributed by atoms with E-state index < -0.39 is 54.3 Å². The standard InChI is InChI=1S/C49H58N8O7/c50-49(51)53-26-13-22-38(46(62)56-40(31-44(59)60)45(61)52-27-25-37(34-18-9-3-10-19-34)35-20-11-4-12-21-35)55-47(63)42-30-36(28-32-14-5-1-6-15-32)41-24-23-39(48(64)57(41)42)54-43(58)29-33-16-7-2-8-17-33/h1-12,14-21,36-42H,13,22-31H2,(H,52,61)(H,54,58)(H,55,63)(H,56,62)(H,59,60)(H4,50,51,53)/t36-,38+,39?,40?,41+,42?/m1/s1. The van der Waals surface area contributed by atoms with E-state index in [1.165, 1.54) is 0 Å². The average molecular weight is 871 g/mol. The molecule has 336 valence electrons. The second kappa shape index (κ2) is 22.9. The summed E-state index contributed by atoms with van der Waals surface area (Å²) in [5.74, 6) is -4.36. The fraction of sp³-hybridized carbons (Fsp3) is 0.367. The van der Waals surface area contributed by atoms with Gasteiger partial charge >= 0.3 is 5.97 Å². The maximum atomic E-state index is 14.5. The summed E-state index contributed by atoms with van der Waals surface area (Å²) in [6.07, 6.45) is 2.02. The van der Waals surface area contributed by atoms with Gasteiger partial charge in [0.2, 0.25) is 29.5 Å². The number of rotatable bonds is 21. The van der Waals surface area contributed by atoms with Crippen LogP contribution in [0.15, 0.2) is 126 Å². The smallest absolute Gasteiger partial charge is 0.305 e. The van der Waals surface area contributed by atoms with Crippen LogP contribution in [0.3, 0.4) is 0 Å². The van der Waals surface area contributed by atoms with E-state index in [0.29, 0.717) is 32.1 Å². The zero-order valence-electron chi connectivity index (χ0n) is 35.8. The quantitative estimate of drug-likeness (QED) is 0.0369. The summed E-state index contributed by atoms with van der Waals surface area (Å²) in [5.41, 5.74) is 15.0. The van der Waals surface area contributed by atoms with Crippen molar-refractivity contribution in [2.45, 2.75) is 93.9 Å². The topological polar surface area (TPSA) is 238 Å². The number of hydrogen-bond acceptors (Lipinski definition) is 7. The Hall–Kier alpha value is -7.03. The van der Waals surface area contributed by atoms with Crippen molar-refractivity contribution in [3.05, 3.63) is 144 Å². The number of carboxylic acids is 1. The van der Waals surface area contributed by atoms with Crippen LogP contribution in [0.2, 0.25) is 0 Å². The third kappa shape index (κ3) is 13.0. The van der Waals surface area contributed by atoms with E-state index in [2.05, 4.69) is 26.3 Å². The number of carbonyl (C=O) groups is 6. The largest absolute Gasteiger partial charge is 0.481 e. The van der Waals surface area contributed by atoms with Gasteiger partial charge in [-0.1, -0.05) is 121 Å².